The molecule has 2 saturated heterocycles. The summed E-state index contributed by atoms with van der Waals surface area (Å²) in [5.41, 5.74) is 0. The average molecular weight is 274 g/mol. The molecule has 2 aliphatic heterocycles. The Morgan fingerprint density at radius 1 is 1.35 bits per heavy atom. The van der Waals surface area contributed by atoms with Crippen molar-refractivity contribution >= 4 is 28.1 Å². The van der Waals surface area contributed by atoms with Gasteiger partial charge in [-0.25, -0.2) is 4.98 Å². The van der Waals surface area contributed by atoms with Gasteiger partial charge in [-0.05, 0) is 6.42 Å². The molecule has 0 saturated carbocycles. The minimum Gasteiger partial charge on any atom is -0.379 e. The van der Waals surface area contributed by atoms with Gasteiger partial charge in [0.15, 0.2) is 5.13 Å². The standard InChI is InChI=1S/C11H16ClN3OS/c12-10-8-17-11(13-10)15-2-1-9(7-15)14-3-5-16-6-4-14/h8-9H,1-7H2. The normalized spacial score (nSPS) is 26.6. The maximum atomic E-state index is 5.87. The molecule has 0 aromatic carbocycles. The summed E-state index contributed by atoms with van der Waals surface area (Å²) >= 11 is 7.50. The Kier molecular flexibility index (Phi) is 3.51. The van der Waals surface area contributed by atoms with Crippen LogP contribution in [-0.2, 0) is 4.74 Å². The Bertz CT molecular complexity index is 381. The molecule has 4 nitrogen and oxygen atoms in total. The van der Waals surface area contributed by atoms with E-state index in [0.717, 1.165) is 44.5 Å². The number of morpholine rings is 1. The van der Waals surface area contributed by atoms with Crippen LogP contribution in [0, 0.1) is 0 Å². The van der Waals surface area contributed by atoms with Crippen molar-refractivity contribution < 1.29 is 4.74 Å². The van der Waals surface area contributed by atoms with Gasteiger partial charge >= 0.3 is 0 Å². The van der Waals surface area contributed by atoms with E-state index in [2.05, 4.69) is 14.8 Å². The van der Waals surface area contributed by atoms with Gasteiger partial charge in [-0.3, -0.25) is 4.90 Å². The fourth-order valence-corrected chi connectivity index (χ4v) is 3.53. The summed E-state index contributed by atoms with van der Waals surface area (Å²) in [7, 11) is 0. The highest BCUT2D eigenvalue weighted by atomic mass is 35.5. The topological polar surface area (TPSA) is 28.6 Å². The predicted molar refractivity (Wildman–Crippen MR) is 70.1 cm³/mol. The van der Waals surface area contributed by atoms with E-state index in [1.165, 1.54) is 6.42 Å². The number of halogens is 1. The summed E-state index contributed by atoms with van der Waals surface area (Å²) in [6.45, 7) is 6.04. The third kappa shape index (κ3) is 2.57. The highest BCUT2D eigenvalue weighted by molar-refractivity contribution is 7.14. The molecule has 6 heteroatoms. The molecule has 0 N–H and O–H groups in total. The lowest BCUT2D eigenvalue weighted by molar-refractivity contribution is 0.0209. The quantitative estimate of drug-likeness (QED) is 0.820. The second-order valence-electron chi connectivity index (χ2n) is 4.49. The van der Waals surface area contributed by atoms with Crippen molar-refractivity contribution in [3.8, 4) is 0 Å². The maximum absolute atomic E-state index is 5.87. The molecular weight excluding hydrogens is 258 g/mol. The van der Waals surface area contributed by atoms with Gasteiger partial charge in [0, 0.05) is 37.6 Å². The Labute approximate surface area is 110 Å². The van der Waals surface area contributed by atoms with Crippen LogP contribution in [0.4, 0.5) is 5.13 Å². The number of aromatic nitrogens is 1. The summed E-state index contributed by atoms with van der Waals surface area (Å²) in [6.07, 6.45) is 1.22. The van der Waals surface area contributed by atoms with E-state index in [-0.39, 0.29) is 0 Å². The molecule has 0 amide bonds. The van der Waals surface area contributed by atoms with E-state index in [4.69, 9.17) is 16.3 Å². The molecule has 1 aromatic heterocycles. The molecule has 94 valence electrons. The van der Waals surface area contributed by atoms with Crippen LogP contribution >= 0.6 is 22.9 Å². The van der Waals surface area contributed by atoms with E-state index in [0.29, 0.717) is 11.2 Å². The summed E-state index contributed by atoms with van der Waals surface area (Å²) in [6, 6.07) is 0.654. The third-order valence-corrected chi connectivity index (χ3v) is 4.68. The minimum atomic E-state index is 0.611. The Morgan fingerprint density at radius 3 is 2.88 bits per heavy atom. The van der Waals surface area contributed by atoms with Crippen molar-refractivity contribution in [1.29, 1.82) is 0 Å². The molecule has 2 fully saturated rings. The van der Waals surface area contributed by atoms with Crippen LogP contribution in [0.5, 0.6) is 0 Å². The van der Waals surface area contributed by atoms with Gasteiger partial charge in [0.25, 0.3) is 0 Å². The second-order valence-corrected chi connectivity index (χ2v) is 5.71. The van der Waals surface area contributed by atoms with E-state index < -0.39 is 0 Å². The van der Waals surface area contributed by atoms with Crippen LogP contribution < -0.4 is 4.90 Å². The number of hydrogen-bond acceptors (Lipinski definition) is 5. The van der Waals surface area contributed by atoms with Crippen LogP contribution in [0.25, 0.3) is 0 Å². The molecule has 3 rings (SSSR count). The molecule has 0 spiro atoms. The van der Waals surface area contributed by atoms with Gasteiger partial charge in [0.2, 0.25) is 0 Å². The van der Waals surface area contributed by atoms with Crippen molar-refractivity contribution in [3.05, 3.63) is 10.5 Å². The summed E-state index contributed by atoms with van der Waals surface area (Å²) in [5.74, 6) is 0. The van der Waals surface area contributed by atoms with Crippen molar-refractivity contribution in [2.45, 2.75) is 12.5 Å². The molecule has 0 aliphatic carbocycles. The highest BCUT2D eigenvalue weighted by Gasteiger charge is 2.29. The highest BCUT2D eigenvalue weighted by Crippen LogP contribution is 2.28. The Hall–Kier alpha value is -0.360. The van der Waals surface area contributed by atoms with Crippen LogP contribution in [0.15, 0.2) is 5.38 Å². The van der Waals surface area contributed by atoms with Crippen LogP contribution in [-0.4, -0.2) is 55.3 Å². The number of thiazole rings is 1. The van der Waals surface area contributed by atoms with Gasteiger partial charge in [-0.15, -0.1) is 11.3 Å². The number of ether oxygens (including phenoxy) is 1. The minimum absolute atomic E-state index is 0.611. The first-order valence-electron chi connectivity index (χ1n) is 6.01. The summed E-state index contributed by atoms with van der Waals surface area (Å²) in [4.78, 5) is 9.22. The smallest absolute Gasteiger partial charge is 0.186 e. The van der Waals surface area contributed by atoms with Crippen molar-refractivity contribution in [3.63, 3.8) is 0 Å². The first kappa shape index (κ1) is 11.7. The first-order chi connectivity index (χ1) is 8.33. The molecule has 2 aliphatic rings. The zero-order chi connectivity index (χ0) is 11.7. The molecular formula is C11H16ClN3OS. The van der Waals surface area contributed by atoms with Crippen molar-refractivity contribution in [2.24, 2.45) is 0 Å². The number of hydrogen-bond donors (Lipinski definition) is 0. The zero-order valence-corrected chi connectivity index (χ0v) is 11.2. The van der Waals surface area contributed by atoms with Crippen LogP contribution in [0.2, 0.25) is 5.15 Å². The Morgan fingerprint density at radius 2 is 2.18 bits per heavy atom. The lowest BCUT2D eigenvalue weighted by Gasteiger charge is -2.32. The van der Waals surface area contributed by atoms with Gasteiger partial charge in [-0.2, -0.15) is 0 Å². The van der Waals surface area contributed by atoms with E-state index in [9.17, 15) is 0 Å². The Balaban J connectivity index is 1.61. The van der Waals surface area contributed by atoms with E-state index in [1.807, 2.05) is 5.38 Å². The molecule has 0 bridgehead atoms. The molecule has 0 radical (unpaired) electrons. The van der Waals surface area contributed by atoms with E-state index in [1.54, 1.807) is 11.3 Å². The lowest BCUT2D eigenvalue weighted by Crippen LogP contribution is -2.44. The monoisotopic (exact) mass is 273 g/mol. The van der Waals surface area contributed by atoms with Gasteiger partial charge in [0.1, 0.15) is 5.15 Å². The lowest BCUT2D eigenvalue weighted by atomic mass is 10.2. The van der Waals surface area contributed by atoms with E-state index >= 15 is 0 Å². The number of rotatable bonds is 2. The maximum Gasteiger partial charge on any atom is 0.186 e. The molecule has 1 unspecified atom stereocenters. The third-order valence-electron chi connectivity index (χ3n) is 3.46. The first-order valence-corrected chi connectivity index (χ1v) is 7.26. The summed E-state index contributed by atoms with van der Waals surface area (Å²) in [5, 5.41) is 3.57. The van der Waals surface area contributed by atoms with Gasteiger partial charge < -0.3 is 9.64 Å². The SMILES string of the molecule is Clc1csc(N2CCC(N3CCOCC3)C2)n1. The largest absolute Gasteiger partial charge is 0.379 e. The molecule has 17 heavy (non-hydrogen) atoms. The number of anilines is 1. The van der Waals surface area contributed by atoms with Crippen LogP contribution in [0.3, 0.4) is 0 Å². The predicted octanol–water partition coefficient (Wildman–Crippen LogP) is 1.71. The summed E-state index contributed by atoms with van der Waals surface area (Å²) < 4.78 is 5.39. The zero-order valence-electron chi connectivity index (χ0n) is 9.64. The van der Waals surface area contributed by atoms with Crippen molar-refractivity contribution in [1.82, 2.24) is 9.88 Å². The average Bonchev–Trinajstić information content (AvgIpc) is 2.98. The second kappa shape index (κ2) is 5.10. The molecule has 1 atom stereocenters. The van der Waals surface area contributed by atoms with Crippen LogP contribution in [0.1, 0.15) is 6.42 Å². The van der Waals surface area contributed by atoms with Crippen molar-refractivity contribution in [2.75, 3.05) is 44.3 Å². The number of nitrogens with zero attached hydrogens (tertiary/aromatic N) is 3. The van der Waals surface area contributed by atoms with Gasteiger partial charge in [0.05, 0.1) is 13.2 Å². The van der Waals surface area contributed by atoms with Gasteiger partial charge in [-0.1, -0.05) is 11.6 Å². The fraction of sp³-hybridized carbons (Fsp3) is 0.727. The fourth-order valence-electron chi connectivity index (χ4n) is 2.55. The molecule has 1 aromatic rings. The molecule has 3 heterocycles.